The van der Waals surface area contributed by atoms with E-state index in [2.05, 4.69) is 32.5 Å². The van der Waals surface area contributed by atoms with Crippen molar-refractivity contribution in [3.8, 4) is 0 Å². The molecule has 2 N–H and O–H groups in total. The lowest BCUT2D eigenvalue weighted by molar-refractivity contribution is 0.0908. The van der Waals surface area contributed by atoms with E-state index in [1.165, 1.54) is 32.1 Å². The molecule has 7 heteroatoms. The number of aromatic nitrogens is 3. The average molecular weight is 385 g/mol. The lowest BCUT2D eigenvalue weighted by Gasteiger charge is -2.31. The molecule has 0 bridgehead atoms. The maximum atomic E-state index is 12.9. The molecule has 7 nitrogen and oxygen atoms in total. The van der Waals surface area contributed by atoms with Crippen LogP contribution in [0.5, 0.6) is 0 Å². The minimum Gasteiger partial charge on any atom is -0.381 e. The Labute approximate surface area is 166 Å². The summed E-state index contributed by atoms with van der Waals surface area (Å²) in [7, 11) is 1.85. The second-order valence-corrected chi connectivity index (χ2v) is 8.23. The molecule has 2 fully saturated rings. The van der Waals surface area contributed by atoms with Gasteiger partial charge in [-0.3, -0.25) is 4.79 Å². The zero-order valence-corrected chi connectivity index (χ0v) is 17.1. The molecule has 3 heterocycles. The molecule has 1 aliphatic heterocycles. The molecule has 152 valence electrons. The Morgan fingerprint density at radius 1 is 1.14 bits per heavy atom. The van der Waals surface area contributed by atoms with Gasteiger partial charge in [0, 0.05) is 32.2 Å². The summed E-state index contributed by atoms with van der Waals surface area (Å²) in [6, 6.07) is 2.77. The molecule has 0 atom stereocenters. The van der Waals surface area contributed by atoms with Crippen LogP contribution in [0.1, 0.15) is 62.4 Å². The van der Waals surface area contributed by atoms with Gasteiger partial charge < -0.3 is 15.5 Å². The average Bonchev–Trinajstić information content (AvgIpc) is 3.05. The van der Waals surface area contributed by atoms with E-state index in [-0.39, 0.29) is 11.9 Å². The second kappa shape index (κ2) is 8.47. The number of hydrogen-bond acceptors (Lipinski definition) is 5. The monoisotopic (exact) mass is 384 g/mol. The molecule has 1 amide bonds. The first-order valence-electron chi connectivity index (χ1n) is 10.8. The van der Waals surface area contributed by atoms with Crippen molar-refractivity contribution in [1.29, 1.82) is 0 Å². The highest BCUT2D eigenvalue weighted by molar-refractivity contribution is 6.04. The topological polar surface area (TPSA) is 75.1 Å². The van der Waals surface area contributed by atoms with E-state index in [9.17, 15) is 4.79 Å². The number of aryl methyl sites for hydroxylation is 1. The number of hydrogen-bond donors (Lipinski definition) is 2. The molecule has 0 aromatic carbocycles. The number of carbonyl (C=O) groups excluding carboxylic acids is 1. The van der Waals surface area contributed by atoms with Gasteiger partial charge in [0.2, 0.25) is 0 Å². The summed E-state index contributed by atoms with van der Waals surface area (Å²) < 4.78 is 1.70. The fourth-order valence-electron chi connectivity index (χ4n) is 4.52. The first kappa shape index (κ1) is 19.2. The Morgan fingerprint density at radius 3 is 2.61 bits per heavy atom. The molecule has 0 radical (unpaired) electrons. The minimum absolute atomic E-state index is 0.0860. The van der Waals surface area contributed by atoms with Crippen LogP contribution in [0.3, 0.4) is 0 Å². The Bertz CT molecular complexity index is 818. The fraction of sp³-hybridized carbons (Fsp3) is 0.667. The number of pyridine rings is 1. The summed E-state index contributed by atoms with van der Waals surface area (Å²) >= 11 is 0. The maximum absolute atomic E-state index is 12.9. The molecule has 1 aliphatic carbocycles. The highest BCUT2D eigenvalue weighted by Gasteiger charge is 2.24. The van der Waals surface area contributed by atoms with E-state index in [1.54, 1.807) is 4.68 Å². The zero-order chi connectivity index (χ0) is 19.5. The van der Waals surface area contributed by atoms with E-state index >= 15 is 0 Å². The van der Waals surface area contributed by atoms with Crippen LogP contribution in [-0.2, 0) is 7.05 Å². The van der Waals surface area contributed by atoms with Gasteiger partial charge in [0.15, 0.2) is 11.3 Å². The van der Waals surface area contributed by atoms with Crippen LogP contribution in [0.15, 0.2) is 12.3 Å². The molecule has 0 unspecified atom stereocenters. The van der Waals surface area contributed by atoms with Crippen molar-refractivity contribution in [3.05, 3.63) is 18.0 Å². The van der Waals surface area contributed by atoms with Crippen molar-refractivity contribution in [2.45, 2.75) is 64.0 Å². The van der Waals surface area contributed by atoms with Crippen LogP contribution in [-0.4, -0.2) is 57.3 Å². The first-order chi connectivity index (χ1) is 13.6. The fourth-order valence-corrected chi connectivity index (χ4v) is 4.52. The smallest absolute Gasteiger partial charge is 0.272 e. The quantitative estimate of drug-likeness (QED) is 0.829. The van der Waals surface area contributed by atoms with E-state index in [0.29, 0.717) is 11.7 Å². The van der Waals surface area contributed by atoms with Gasteiger partial charge in [-0.1, -0.05) is 26.2 Å². The highest BCUT2D eigenvalue weighted by atomic mass is 16.2. The molecule has 2 aromatic rings. The summed E-state index contributed by atoms with van der Waals surface area (Å²) in [4.78, 5) is 19.9. The number of likely N-dealkylation sites (tertiary alicyclic amines) is 1. The van der Waals surface area contributed by atoms with Crippen molar-refractivity contribution < 1.29 is 4.79 Å². The van der Waals surface area contributed by atoms with E-state index in [4.69, 9.17) is 0 Å². The summed E-state index contributed by atoms with van der Waals surface area (Å²) in [5.74, 6) is -0.0860. The SMILES string of the molecule is CCN1CCC(NC(=O)c2nn(C)c3ncc(NC4CCCCC4)cc23)CC1. The largest absolute Gasteiger partial charge is 0.381 e. The van der Waals surface area contributed by atoms with Crippen molar-refractivity contribution in [2.24, 2.45) is 7.05 Å². The van der Waals surface area contributed by atoms with Gasteiger partial charge in [0.25, 0.3) is 5.91 Å². The zero-order valence-electron chi connectivity index (χ0n) is 17.1. The van der Waals surface area contributed by atoms with Crippen molar-refractivity contribution in [3.63, 3.8) is 0 Å². The van der Waals surface area contributed by atoms with Crippen molar-refractivity contribution >= 4 is 22.6 Å². The molecule has 1 saturated heterocycles. The van der Waals surface area contributed by atoms with Gasteiger partial charge in [0.1, 0.15) is 0 Å². The lowest BCUT2D eigenvalue weighted by Crippen LogP contribution is -2.44. The predicted molar refractivity (Wildman–Crippen MR) is 112 cm³/mol. The van der Waals surface area contributed by atoms with Gasteiger partial charge in [-0.25, -0.2) is 9.67 Å². The molecule has 4 rings (SSSR count). The lowest BCUT2D eigenvalue weighted by atomic mass is 9.95. The normalized spacial score (nSPS) is 19.8. The van der Waals surface area contributed by atoms with E-state index < -0.39 is 0 Å². The maximum Gasteiger partial charge on any atom is 0.272 e. The number of rotatable bonds is 5. The van der Waals surface area contributed by atoms with E-state index in [0.717, 1.165) is 49.2 Å². The van der Waals surface area contributed by atoms with E-state index in [1.807, 2.05) is 19.3 Å². The number of anilines is 1. The standard InChI is InChI=1S/C21H32N6O/c1-3-27-11-9-16(10-12-27)24-21(28)19-18-13-17(14-22-20(18)26(2)25-19)23-15-7-5-4-6-8-15/h13-16,23H,3-12H2,1-2H3,(H,24,28). The van der Waals surface area contributed by atoms with Crippen LogP contribution in [0, 0.1) is 0 Å². The number of piperidine rings is 1. The summed E-state index contributed by atoms with van der Waals surface area (Å²) in [6.07, 6.45) is 10.2. The number of carbonyl (C=O) groups is 1. The molecule has 28 heavy (non-hydrogen) atoms. The minimum atomic E-state index is -0.0860. The Morgan fingerprint density at radius 2 is 1.89 bits per heavy atom. The van der Waals surface area contributed by atoms with Crippen LogP contribution >= 0.6 is 0 Å². The third-order valence-electron chi connectivity index (χ3n) is 6.24. The highest BCUT2D eigenvalue weighted by Crippen LogP contribution is 2.25. The summed E-state index contributed by atoms with van der Waals surface area (Å²) in [6.45, 7) is 5.35. The number of nitrogens with one attached hydrogen (secondary N) is 2. The predicted octanol–water partition coefficient (Wildman–Crippen LogP) is 2.93. The molecule has 2 aromatic heterocycles. The van der Waals surface area contributed by atoms with Crippen LogP contribution < -0.4 is 10.6 Å². The second-order valence-electron chi connectivity index (χ2n) is 8.23. The molecule has 2 aliphatic rings. The first-order valence-corrected chi connectivity index (χ1v) is 10.8. The van der Waals surface area contributed by atoms with Gasteiger partial charge in [0.05, 0.1) is 17.3 Å². The summed E-state index contributed by atoms with van der Waals surface area (Å²) in [5, 5.41) is 12.1. The summed E-state index contributed by atoms with van der Waals surface area (Å²) in [5.41, 5.74) is 2.22. The van der Waals surface area contributed by atoms with Gasteiger partial charge in [-0.15, -0.1) is 0 Å². The third kappa shape index (κ3) is 4.14. The molecular weight excluding hydrogens is 352 g/mol. The Kier molecular flexibility index (Phi) is 5.80. The number of amides is 1. The third-order valence-corrected chi connectivity index (χ3v) is 6.24. The van der Waals surface area contributed by atoms with Gasteiger partial charge >= 0.3 is 0 Å². The van der Waals surface area contributed by atoms with Crippen LogP contribution in [0.25, 0.3) is 11.0 Å². The van der Waals surface area contributed by atoms with Gasteiger partial charge in [-0.2, -0.15) is 5.10 Å². The van der Waals surface area contributed by atoms with Gasteiger partial charge in [-0.05, 0) is 38.3 Å². The van der Waals surface area contributed by atoms with Crippen molar-refractivity contribution in [1.82, 2.24) is 25.0 Å². The molecular formula is C21H32N6O. The molecule has 0 spiro atoms. The van der Waals surface area contributed by atoms with Crippen LogP contribution in [0.2, 0.25) is 0 Å². The van der Waals surface area contributed by atoms with Crippen molar-refractivity contribution in [2.75, 3.05) is 25.0 Å². The Balaban J connectivity index is 1.49. The van der Waals surface area contributed by atoms with Crippen LogP contribution in [0.4, 0.5) is 5.69 Å². The molecule has 1 saturated carbocycles. The number of nitrogens with zero attached hydrogens (tertiary/aromatic N) is 4. The number of fused-ring (bicyclic) bond motifs is 1. The Hall–Kier alpha value is -2.15.